The van der Waals surface area contributed by atoms with Gasteiger partial charge >= 0.3 is 5.92 Å². The number of nitrogens with one attached hydrogen (secondary N) is 1. The summed E-state index contributed by atoms with van der Waals surface area (Å²) >= 11 is 0. The fourth-order valence-corrected chi connectivity index (χ4v) is 1.24. The van der Waals surface area contributed by atoms with Gasteiger partial charge in [0.05, 0.1) is 6.54 Å². The predicted molar refractivity (Wildman–Crippen MR) is 43.9 cm³/mol. The van der Waals surface area contributed by atoms with Crippen molar-refractivity contribution in [2.75, 3.05) is 12.3 Å². The Morgan fingerprint density at radius 2 is 2.38 bits per heavy atom. The van der Waals surface area contributed by atoms with Gasteiger partial charge in [0.2, 0.25) is 0 Å². The number of fused-ring (bicyclic) bond motifs is 1. The number of nitrogens with zero attached hydrogens (tertiary/aromatic N) is 2. The summed E-state index contributed by atoms with van der Waals surface area (Å²) in [4.78, 5) is 0. The number of rotatable bonds is 0. The summed E-state index contributed by atoms with van der Waals surface area (Å²) in [7, 11) is 0. The molecule has 0 fully saturated rings. The van der Waals surface area contributed by atoms with Crippen molar-refractivity contribution < 1.29 is 8.78 Å². The Bertz CT molecular complexity index is 369. The third kappa shape index (κ3) is 1.06. The Balaban J connectivity index is 2.60. The summed E-state index contributed by atoms with van der Waals surface area (Å²) in [6.45, 7) is 3.07. The fraction of sp³-hybridized carbons (Fsp3) is 0.286. The standard InChI is InChI=1S/C7H8F2N4/c1-4-11-3-7(8,9)5-2-6(10)12-13(4)5/h2,11H,1,3H2,(H2,10,12). The lowest BCUT2D eigenvalue weighted by Gasteiger charge is -2.25. The fourth-order valence-electron chi connectivity index (χ4n) is 1.24. The summed E-state index contributed by atoms with van der Waals surface area (Å²) in [5, 5.41) is 6.12. The molecule has 6 heteroatoms. The van der Waals surface area contributed by atoms with Gasteiger partial charge < -0.3 is 11.1 Å². The molecule has 1 aliphatic rings. The summed E-state index contributed by atoms with van der Waals surface area (Å²) in [5.41, 5.74) is 5.09. The van der Waals surface area contributed by atoms with Gasteiger partial charge in [-0.1, -0.05) is 6.58 Å². The molecular formula is C7H8F2N4. The van der Waals surface area contributed by atoms with Gasteiger partial charge in [0, 0.05) is 6.07 Å². The first-order valence-electron chi connectivity index (χ1n) is 3.68. The normalized spacial score (nSPS) is 19.4. The third-order valence-corrected chi connectivity index (χ3v) is 1.87. The first-order valence-corrected chi connectivity index (χ1v) is 3.68. The lowest BCUT2D eigenvalue weighted by molar-refractivity contribution is -0.0125. The molecule has 1 aromatic heterocycles. The molecule has 2 rings (SSSR count). The van der Waals surface area contributed by atoms with E-state index in [9.17, 15) is 8.78 Å². The topological polar surface area (TPSA) is 55.9 Å². The second kappa shape index (κ2) is 2.21. The van der Waals surface area contributed by atoms with Crippen LogP contribution in [0.2, 0.25) is 0 Å². The molecule has 70 valence electrons. The van der Waals surface area contributed by atoms with Crippen molar-refractivity contribution >= 4 is 11.6 Å². The number of nitrogen functional groups attached to an aromatic ring is 1. The highest BCUT2D eigenvalue weighted by Crippen LogP contribution is 2.32. The van der Waals surface area contributed by atoms with Crippen molar-refractivity contribution in [3.8, 4) is 0 Å². The molecule has 0 aliphatic carbocycles. The van der Waals surface area contributed by atoms with Crippen LogP contribution in [0.4, 0.5) is 14.6 Å². The maximum Gasteiger partial charge on any atom is 0.306 e. The van der Waals surface area contributed by atoms with Crippen molar-refractivity contribution in [1.82, 2.24) is 15.1 Å². The number of hydrogen-bond acceptors (Lipinski definition) is 3. The molecule has 2 heterocycles. The van der Waals surface area contributed by atoms with Crippen LogP contribution >= 0.6 is 0 Å². The highest BCUT2D eigenvalue weighted by molar-refractivity contribution is 5.47. The number of alkyl halides is 2. The zero-order chi connectivity index (χ0) is 9.64. The Hall–Kier alpha value is -1.59. The molecule has 0 bridgehead atoms. The van der Waals surface area contributed by atoms with E-state index >= 15 is 0 Å². The zero-order valence-electron chi connectivity index (χ0n) is 6.72. The van der Waals surface area contributed by atoms with Crippen molar-refractivity contribution in [3.05, 3.63) is 18.3 Å². The van der Waals surface area contributed by atoms with E-state index in [1.165, 1.54) is 0 Å². The van der Waals surface area contributed by atoms with Gasteiger partial charge in [0.25, 0.3) is 0 Å². The largest absolute Gasteiger partial charge is 0.382 e. The number of anilines is 1. The molecule has 3 N–H and O–H groups in total. The van der Waals surface area contributed by atoms with Crippen LogP contribution in [-0.2, 0) is 5.92 Å². The van der Waals surface area contributed by atoms with Crippen molar-refractivity contribution in [2.45, 2.75) is 5.92 Å². The van der Waals surface area contributed by atoms with Gasteiger partial charge in [-0.05, 0) is 0 Å². The monoisotopic (exact) mass is 186 g/mol. The predicted octanol–water partition coefficient (Wildman–Crippen LogP) is 0.589. The maximum atomic E-state index is 13.2. The van der Waals surface area contributed by atoms with Gasteiger partial charge in [-0.2, -0.15) is 8.78 Å². The second-order valence-corrected chi connectivity index (χ2v) is 2.87. The van der Waals surface area contributed by atoms with E-state index in [-0.39, 0.29) is 11.5 Å². The number of aromatic nitrogens is 2. The van der Waals surface area contributed by atoms with Crippen molar-refractivity contribution in [3.63, 3.8) is 0 Å². The van der Waals surface area contributed by atoms with E-state index in [4.69, 9.17) is 5.73 Å². The molecule has 0 unspecified atom stereocenters. The molecular weight excluding hydrogens is 178 g/mol. The van der Waals surface area contributed by atoms with Crippen LogP contribution in [0.15, 0.2) is 12.6 Å². The highest BCUT2D eigenvalue weighted by atomic mass is 19.3. The molecule has 0 aromatic carbocycles. The first-order chi connectivity index (χ1) is 6.00. The van der Waals surface area contributed by atoms with E-state index in [0.717, 1.165) is 10.7 Å². The van der Waals surface area contributed by atoms with Gasteiger partial charge in [0.15, 0.2) is 0 Å². The summed E-state index contributed by atoms with van der Waals surface area (Å²) < 4.78 is 27.4. The molecule has 0 amide bonds. The second-order valence-electron chi connectivity index (χ2n) is 2.87. The number of hydrogen-bond donors (Lipinski definition) is 2. The van der Waals surface area contributed by atoms with Gasteiger partial charge in [0.1, 0.15) is 17.3 Å². The van der Waals surface area contributed by atoms with Gasteiger partial charge in [-0.25, -0.2) is 4.68 Å². The van der Waals surface area contributed by atoms with E-state index in [0.29, 0.717) is 5.82 Å². The average Bonchev–Trinajstić information content (AvgIpc) is 2.42. The van der Waals surface area contributed by atoms with Crippen LogP contribution in [0.5, 0.6) is 0 Å². The number of halogens is 2. The number of nitrogens with two attached hydrogens (primary N) is 1. The molecule has 0 saturated heterocycles. The molecule has 1 aliphatic heterocycles. The first kappa shape index (κ1) is 8.03. The molecule has 13 heavy (non-hydrogen) atoms. The maximum absolute atomic E-state index is 13.2. The molecule has 0 saturated carbocycles. The van der Waals surface area contributed by atoms with Crippen molar-refractivity contribution in [1.29, 1.82) is 0 Å². The van der Waals surface area contributed by atoms with Crippen LogP contribution in [0, 0.1) is 0 Å². The minimum absolute atomic E-state index is 0.0690. The van der Waals surface area contributed by atoms with E-state index < -0.39 is 12.5 Å². The Kier molecular flexibility index (Phi) is 1.37. The molecule has 0 atom stereocenters. The molecule has 1 aromatic rings. The average molecular weight is 186 g/mol. The van der Waals surface area contributed by atoms with Crippen molar-refractivity contribution in [2.24, 2.45) is 0 Å². The zero-order valence-corrected chi connectivity index (χ0v) is 6.72. The lowest BCUT2D eigenvalue weighted by atomic mass is 10.2. The lowest BCUT2D eigenvalue weighted by Crippen LogP contribution is -2.39. The highest BCUT2D eigenvalue weighted by Gasteiger charge is 2.39. The van der Waals surface area contributed by atoms with Gasteiger partial charge in [-0.3, -0.25) is 0 Å². The Morgan fingerprint density at radius 3 is 3.00 bits per heavy atom. The third-order valence-electron chi connectivity index (χ3n) is 1.87. The summed E-state index contributed by atoms with van der Waals surface area (Å²) in [6.07, 6.45) is 0. The summed E-state index contributed by atoms with van der Waals surface area (Å²) in [6, 6.07) is 1.16. The van der Waals surface area contributed by atoms with E-state index in [1.54, 1.807) is 0 Å². The Labute approximate surface area is 73.0 Å². The summed E-state index contributed by atoms with van der Waals surface area (Å²) in [5.74, 6) is -2.55. The smallest absolute Gasteiger partial charge is 0.306 e. The molecule has 4 nitrogen and oxygen atoms in total. The minimum atomic E-state index is -2.94. The SMILES string of the molecule is C=C1NCC(F)(F)c2cc(N)nn21. The van der Waals surface area contributed by atoms with Crippen LogP contribution in [0.25, 0.3) is 5.82 Å². The Morgan fingerprint density at radius 1 is 1.69 bits per heavy atom. The molecule has 0 spiro atoms. The van der Waals surface area contributed by atoms with Crippen LogP contribution in [-0.4, -0.2) is 16.3 Å². The minimum Gasteiger partial charge on any atom is -0.382 e. The van der Waals surface area contributed by atoms with Gasteiger partial charge in [-0.15, -0.1) is 5.10 Å². The van der Waals surface area contributed by atoms with Crippen LogP contribution < -0.4 is 11.1 Å². The quantitative estimate of drug-likeness (QED) is 0.623. The van der Waals surface area contributed by atoms with E-state index in [1.807, 2.05) is 0 Å². The van der Waals surface area contributed by atoms with E-state index in [2.05, 4.69) is 17.0 Å². The van der Waals surface area contributed by atoms with Crippen LogP contribution in [0.3, 0.4) is 0 Å². The molecule has 0 radical (unpaired) electrons. The van der Waals surface area contributed by atoms with Crippen LogP contribution in [0.1, 0.15) is 5.69 Å².